The molecule has 7 heteroatoms. The molecule has 0 bridgehead atoms. The minimum absolute atomic E-state index is 0.0220. The summed E-state index contributed by atoms with van der Waals surface area (Å²) in [6.07, 6.45) is 0. The summed E-state index contributed by atoms with van der Waals surface area (Å²) in [7, 11) is 2.04. The van der Waals surface area contributed by atoms with Gasteiger partial charge in [-0.25, -0.2) is 0 Å². The molecule has 2 heterocycles. The van der Waals surface area contributed by atoms with Gasteiger partial charge in [-0.1, -0.05) is 30.3 Å². The molecule has 0 unspecified atom stereocenters. The normalized spacial score (nSPS) is 18.6. The Morgan fingerprint density at radius 1 is 1.29 bits per heavy atom. The van der Waals surface area contributed by atoms with Gasteiger partial charge in [-0.2, -0.15) is 0 Å². The molecule has 2 aromatic rings. The number of nitrogens with zero attached hydrogens (tertiary/aromatic N) is 3. The summed E-state index contributed by atoms with van der Waals surface area (Å²) < 4.78 is 0. The van der Waals surface area contributed by atoms with E-state index in [1.54, 1.807) is 6.92 Å². The van der Waals surface area contributed by atoms with Crippen molar-refractivity contribution in [1.29, 1.82) is 0 Å². The number of hydrogen-bond acceptors (Lipinski definition) is 5. The third-order valence-corrected chi connectivity index (χ3v) is 5.36. The molecule has 1 aliphatic rings. The van der Waals surface area contributed by atoms with Crippen LogP contribution < -0.4 is 0 Å². The zero-order valence-electron chi connectivity index (χ0n) is 13.6. The van der Waals surface area contributed by atoms with Gasteiger partial charge in [0.15, 0.2) is 0 Å². The summed E-state index contributed by atoms with van der Waals surface area (Å²) in [4.78, 5) is 28.6. The number of nitro groups is 1. The van der Waals surface area contributed by atoms with Gasteiger partial charge in [-0.3, -0.25) is 14.9 Å². The van der Waals surface area contributed by atoms with Crippen LogP contribution in [0.1, 0.15) is 26.2 Å². The molecule has 1 aliphatic heterocycles. The van der Waals surface area contributed by atoms with E-state index in [4.69, 9.17) is 0 Å². The van der Waals surface area contributed by atoms with E-state index in [2.05, 4.69) is 4.90 Å². The van der Waals surface area contributed by atoms with Crippen LogP contribution in [0.5, 0.6) is 0 Å². The topological polar surface area (TPSA) is 66.7 Å². The molecule has 1 saturated heterocycles. The number of carbonyl (C=O) groups is 1. The van der Waals surface area contributed by atoms with Gasteiger partial charge in [-0.05, 0) is 19.5 Å². The zero-order valence-corrected chi connectivity index (χ0v) is 14.5. The first kappa shape index (κ1) is 16.6. The van der Waals surface area contributed by atoms with Crippen LogP contribution in [0.25, 0.3) is 0 Å². The standard InChI is InChI=1S/C17H19N3O3S/c1-12-14(20(22)23)10-16(24-12)17(21)19-9-8-18(2)11-15(19)13-6-4-3-5-7-13/h3-7,10,15H,8-9,11H2,1-2H3/t15-/m0/s1. The second-order valence-corrected chi connectivity index (χ2v) is 7.25. The molecular weight excluding hydrogens is 326 g/mol. The third kappa shape index (κ3) is 3.18. The Morgan fingerprint density at radius 2 is 2.00 bits per heavy atom. The molecular formula is C17H19N3O3S. The van der Waals surface area contributed by atoms with E-state index in [0.29, 0.717) is 16.3 Å². The van der Waals surface area contributed by atoms with E-state index in [9.17, 15) is 14.9 Å². The average Bonchev–Trinajstić information content (AvgIpc) is 2.97. The van der Waals surface area contributed by atoms with Gasteiger partial charge in [0.2, 0.25) is 0 Å². The zero-order chi connectivity index (χ0) is 17.3. The number of piperazine rings is 1. The number of thiophene rings is 1. The molecule has 6 nitrogen and oxygen atoms in total. The molecule has 0 aliphatic carbocycles. The molecule has 1 amide bonds. The van der Waals surface area contributed by atoms with Crippen molar-refractivity contribution >= 4 is 22.9 Å². The predicted molar refractivity (Wildman–Crippen MR) is 93.4 cm³/mol. The Kier molecular flexibility index (Phi) is 4.64. The van der Waals surface area contributed by atoms with Crippen molar-refractivity contribution < 1.29 is 9.72 Å². The highest BCUT2D eigenvalue weighted by atomic mass is 32.1. The van der Waals surface area contributed by atoms with Gasteiger partial charge in [0.1, 0.15) is 0 Å². The number of aryl methyl sites for hydroxylation is 1. The third-order valence-electron chi connectivity index (χ3n) is 4.33. The van der Waals surface area contributed by atoms with Crippen LogP contribution in [0.2, 0.25) is 0 Å². The molecule has 3 rings (SSSR count). The highest BCUT2D eigenvalue weighted by molar-refractivity contribution is 7.14. The Hall–Kier alpha value is -2.25. The van der Waals surface area contributed by atoms with Crippen LogP contribution in [0.3, 0.4) is 0 Å². The molecule has 0 spiro atoms. The molecule has 0 saturated carbocycles. The van der Waals surface area contributed by atoms with Gasteiger partial charge >= 0.3 is 0 Å². The molecule has 24 heavy (non-hydrogen) atoms. The van der Waals surface area contributed by atoms with Crippen molar-refractivity contribution in [2.24, 2.45) is 0 Å². The monoisotopic (exact) mass is 345 g/mol. The van der Waals surface area contributed by atoms with Crippen LogP contribution >= 0.6 is 11.3 Å². The fourth-order valence-electron chi connectivity index (χ4n) is 3.02. The number of carbonyl (C=O) groups excluding carboxylic acids is 1. The summed E-state index contributed by atoms with van der Waals surface area (Å²) in [6.45, 7) is 3.83. The van der Waals surface area contributed by atoms with Crippen LogP contribution in [0.15, 0.2) is 36.4 Å². The number of hydrogen-bond donors (Lipinski definition) is 0. The lowest BCUT2D eigenvalue weighted by Gasteiger charge is -2.40. The van der Waals surface area contributed by atoms with E-state index < -0.39 is 4.92 Å². The van der Waals surface area contributed by atoms with Crippen molar-refractivity contribution in [3.8, 4) is 0 Å². The number of likely N-dealkylation sites (N-methyl/N-ethyl adjacent to an activating group) is 1. The minimum atomic E-state index is -0.429. The molecule has 126 valence electrons. The lowest BCUT2D eigenvalue weighted by molar-refractivity contribution is -0.385. The predicted octanol–water partition coefficient (Wildman–Crippen LogP) is 3.09. The van der Waals surface area contributed by atoms with Crippen LogP contribution in [0.4, 0.5) is 5.69 Å². The van der Waals surface area contributed by atoms with E-state index >= 15 is 0 Å². The molecule has 1 aromatic heterocycles. The van der Waals surface area contributed by atoms with E-state index in [-0.39, 0.29) is 17.6 Å². The Balaban J connectivity index is 1.92. The number of rotatable bonds is 3. The summed E-state index contributed by atoms with van der Waals surface area (Å²) >= 11 is 1.20. The maximum absolute atomic E-state index is 13.0. The van der Waals surface area contributed by atoms with E-state index in [0.717, 1.165) is 18.7 Å². The lowest BCUT2D eigenvalue weighted by Crippen LogP contribution is -2.49. The fraction of sp³-hybridized carbons (Fsp3) is 0.353. The van der Waals surface area contributed by atoms with E-state index in [1.807, 2.05) is 42.3 Å². The highest BCUT2D eigenvalue weighted by Crippen LogP contribution is 2.32. The largest absolute Gasteiger partial charge is 0.328 e. The molecule has 1 atom stereocenters. The maximum Gasteiger partial charge on any atom is 0.283 e. The van der Waals surface area contributed by atoms with Crippen LogP contribution in [0, 0.1) is 17.0 Å². The van der Waals surface area contributed by atoms with Crippen molar-refractivity contribution in [1.82, 2.24) is 9.80 Å². The van der Waals surface area contributed by atoms with Crippen molar-refractivity contribution in [2.45, 2.75) is 13.0 Å². The minimum Gasteiger partial charge on any atom is -0.328 e. The van der Waals surface area contributed by atoms with Gasteiger partial charge in [-0.15, -0.1) is 11.3 Å². The molecule has 1 aromatic carbocycles. The average molecular weight is 345 g/mol. The quantitative estimate of drug-likeness (QED) is 0.633. The smallest absolute Gasteiger partial charge is 0.283 e. The maximum atomic E-state index is 13.0. The summed E-state index contributed by atoms with van der Waals surface area (Å²) in [6, 6.07) is 11.3. The molecule has 0 radical (unpaired) electrons. The molecule has 0 N–H and O–H groups in total. The molecule has 1 fully saturated rings. The van der Waals surface area contributed by atoms with Gasteiger partial charge in [0.25, 0.3) is 11.6 Å². The number of benzene rings is 1. The van der Waals surface area contributed by atoms with Crippen LogP contribution in [-0.4, -0.2) is 47.3 Å². The van der Waals surface area contributed by atoms with Gasteiger partial charge < -0.3 is 9.80 Å². The van der Waals surface area contributed by atoms with Crippen molar-refractivity contribution in [3.05, 3.63) is 61.8 Å². The summed E-state index contributed by atoms with van der Waals surface area (Å²) in [5.74, 6) is -0.127. The summed E-state index contributed by atoms with van der Waals surface area (Å²) in [5.41, 5.74) is 1.11. The van der Waals surface area contributed by atoms with Crippen molar-refractivity contribution in [2.75, 3.05) is 26.7 Å². The Morgan fingerprint density at radius 3 is 2.62 bits per heavy atom. The first-order valence-corrected chi connectivity index (χ1v) is 8.58. The van der Waals surface area contributed by atoms with Crippen molar-refractivity contribution in [3.63, 3.8) is 0 Å². The first-order chi connectivity index (χ1) is 11.5. The fourth-order valence-corrected chi connectivity index (χ4v) is 3.97. The second-order valence-electron chi connectivity index (χ2n) is 6.00. The SMILES string of the molecule is Cc1sc(C(=O)N2CCN(C)C[C@H]2c2ccccc2)cc1[N+](=O)[O-]. The second kappa shape index (κ2) is 6.70. The van der Waals surface area contributed by atoms with Gasteiger partial charge in [0.05, 0.1) is 20.7 Å². The summed E-state index contributed by atoms with van der Waals surface area (Å²) in [5, 5.41) is 11.0. The first-order valence-electron chi connectivity index (χ1n) is 7.76. The number of amides is 1. The van der Waals surface area contributed by atoms with Gasteiger partial charge in [0, 0.05) is 25.7 Å². The highest BCUT2D eigenvalue weighted by Gasteiger charge is 2.32. The van der Waals surface area contributed by atoms with Crippen LogP contribution in [-0.2, 0) is 0 Å². The lowest BCUT2D eigenvalue weighted by atomic mass is 10.0. The Bertz CT molecular complexity index is 760. The van der Waals surface area contributed by atoms with E-state index in [1.165, 1.54) is 17.4 Å². The Labute approximate surface area is 144 Å².